The molecule has 0 aliphatic carbocycles. The molecule has 0 amide bonds. The molecule has 1 heterocycles. The summed E-state index contributed by atoms with van der Waals surface area (Å²) in [7, 11) is 0. The van der Waals surface area contributed by atoms with Crippen LogP contribution >= 0.6 is 15.9 Å². The van der Waals surface area contributed by atoms with Crippen LogP contribution in [-0.4, -0.2) is 10.1 Å². The molecule has 0 atom stereocenters. The molecular weight excluding hydrogens is 251 g/mol. The second-order valence-electron chi connectivity index (χ2n) is 2.32. The first-order valence-corrected chi connectivity index (χ1v) is 4.38. The summed E-state index contributed by atoms with van der Waals surface area (Å²) in [4.78, 5) is 3.27. The maximum Gasteiger partial charge on any atom is 0.418 e. The van der Waals surface area contributed by atoms with E-state index in [4.69, 9.17) is 5.11 Å². The summed E-state index contributed by atoms with van der Waals surface area (Å²) in [6.45, 7) is 0. The van der Waals surface area contributed by atoms with Crippen molar-refractivity contribution in [3.63, 3.8) is 0 Å². The fraction of sp³-hybridized carbons (Fsp3) is 0.286. The number of halogens is 4. The summed E-state index contributed by atoms with van der Waals surface area (Å²) >= 11 is 2.86. The van der Waals surface area contributed by atoms with Gasteiger partial charge in [0.2, 0.25) is 0 Å². The Balaban J connectivity index is 3.29. The minimum Gasteiger partial charge on any atom is -0.506 e. The molecule has 1 aromatic rings. The second kappa shape index (κ2) is 3.53. The molecule has 72 valence electrons. The van der Waals surface area contributed by atoms with E-state index in [9.17, 15) is 13.2 Å². The zero-order chi connectivity index (χ0) is 10.1. The van der Waals surface area contributed by atoms with Crippen molar-refractivity contribution < 1.29 is 18.3 Å². The molecule has 0 aliphatic rings. The lowest BCUT2D eigenvalue weighted by molar-refractivity contribution is -0.138. The third-order valence-corrected chi connectivity index (χ3v) is 2.03. The van der Waals surface area contributed by atoms with Crippen molar-refractivity contribution in [3.05, 3.63) is 23.5 Å². The number of aromatic hydroxyl groups is 1. The quantitative estimate of drug-likeness (QED) is 0.783. The fourth-order valence-corrected chi connectivity index (χ4v) is 1.45. The van der Waals surface area contributed by atoms with Crippen molar-refractivity contribution in [1.29, 1.82) is 0 Å². The Labute approximate surface area is 80.5 Å². The molecule has 1 aromatic heterocycles. The molecule has 0 aromatic carbocycles. The van der Waals surface area contributed by atoms with E-state index < -0.39 is 17.5 Å². The first-order chi connectivity index (χ1) is 5.96. The molecule has 0 fully saturated rings. The van der Waals surface area contributed by atoms with Gasteiger partial charge in [0.25, 0.3) is 0 Å². The van der Waals surface area contributed by atoms with Gasteiger partial charge in [-0.2, -0.15) is 13.2 Å². The van der Waals surface area contributed by atoms with Gasteiger partial charge in [0.15, 0.2) is 0 Å². The van der Waals surface area contributed by atoms with Gasteiger partial charge < -0.3 is 5.11 Å². The van der Waals surface area contributed by atoms with Gasteiger partial charge in [-0.3, -0.25) is 4.98 Å². The van der Waals surface area contributed by atoms with Gasteiger partial charge in [0.1, 0.15) is 5.75 Å². The number of nitrogens with zero attached hydrogens (tertiary/aromatic N) is 1. The maximum absolute atomic E-state index is 12.2. The molecule has 0 aliphatic heterocycles. The SMILES string of the molecule is Oc1cncc(C(F)(F)F)c1CBr. The smallest absolute Gasteiger partial charge is 0.418 e. The van der Waals surface area contributed by atoms with Crippen molar-refractivity contribution in [2.75, 3.05) is 0 Å². The van der Waals surface area contributed by atoms with E-state index >= 15 is 0 Å². The van der Waals surface area contributed by atoms with Gasteiger partial charge >= 0.3 is 6.18 Å². The Bertz CT molecular complexity index is 313. The largest absolute Gasteiger partial charge is 0.506 e. The zero-order valence-corrected chi connectivity index (χ0v) is 7.85. The summed E-state index contributed by atoms with van der Waals surface area (Å²) in [5.41, 5.74) is -1.10. The van der Waals surface area contributed by atoms with Crippen LogP contribution in [0.1, 0.15) is 11.1 Å². The van der Waals surface area contributed by atoms with Crippen LogP contribution in [0.3, 0.4) is 0 Å². The summed E-state index contributed by atoms with van der Waals surface area (Å²) in [6, 6.07) is 0. The minimum absolute atomic E-state index is 0.0593. The van der Waals surface area contributed by atoms with Crippen LogP contribution in [0.4, 0.5) is 13.2 Å². The van der Waals surface area contributed by atoms with Crippen molar-refractivity contribution in [3.8, 4) is 5.75 Å². The van der Waals surface area contributed by atoms with E-state index in [2.05, 4.69) is 20.9 Å². The van der Waals surface area contributed by atoms with E-state index in [0.29, 0.717) is 6.20 Å². The Hall–Kier alpha value is -0.780. The average molecular weight is 256 g/mol. The molecule has 0 radical (unpaired) electrons. The van der Waals surface area contributed by atoms with E-state index in [1.807, 2.05) is 0 Å². The van der Waals surface area contributed by atoms with Gasteiger partial charge in [-0.15, -0.1) is 0 Å². The standard InChI is InChI=1S/C7H5BrF3NO/c8-1-4-5(7(9,10)11)2-12-3-6(4)13/h2-3,13H,1H2. The highest BCUT2D eigenvalue weighted by Crippen LogP contribution is 2.35. The molecule has 1 rings (SSSR count). The molecule has 2 nitrogen and oxygen atoms in total. The number of hydrogen-bond acceptors (Lipinski definition) is 2. The summed E-state index contributed by atoms with van der Waals surface area (Å²) in [5, 5.41) is 9.00. The van der Waals surface area contributed by atoms with E-state index in [-0.39, 0.29) is 10.9 Å². The Morgan fingerprint density at radius 3 is 2.38 bits per heavy atom. The molecule has 0 saturated carbocycles. The molecule has 0 spiro atoms. The van der Waals surface area contributed by atoms with E-state index in [1.54, 1.807) is 0 Å². The molecular formula is C7H5BrF3NO. The molecule has 0 saturated heterocycles. The Morgan fingerprint density at radius 1 is 1.38 bits per heavy atom. The van der Waals surface area contributed by atoms with Gasteiger partial charge in [0, 0.05) is 17.1 Å². The monoisotopic (exact) mass is 255 g/mol. The summed E-state index contributed by atoms with van der Waals surface area (Å²) in [5.74, 6) is -0.452. The first-order valence-electron chi connectivity index (χ1n) is 3.26. The molecule has 0 unspecified atom stereocenters. The average Bonchev–Trinajstić information content (AvgIpc) is 2.02. The summed E-state index contributed by atoms with van der Waals surface area (Å²) < 4.78 is 36.7. The third kappa shape index (κ3) is 2.12. The van der Waals surface area contributed by atoms with Gasteiger partial charge in [-0.25, -0.2) is 0 Å². The third-order valence-electron chi connectivity index (χ3n) is 1.47. The molecule has 1 N–H and O–H groups in total. The maximum atomic E-state index is 12.2. The van der Waals surface area contributed by atoms with Crippen molar-refractivity contribution in [1.82, 2.24) is 4.98 Å². The highest BCUT2D eigenvalue weighted by Gasteiger charge is 2.34. The second-order valence-corrected chi connectivity index (χ2v) is 2.88. The molecule has 6 heteroatoms. The normalized spacial score (nSPS) is 11.7. The predicted molar refractivity (Wildman–Crippen MR) is 43.5 cm³/mol. The number of hydrogen-bond donors (Lipinski definition) is 1. The topological polar surface area (TPSA) is 33.1 Å². The van der Waals surface area contributed by atoms with E-state index in [0.717, 1.165) is 6.20 Å². The van der Waals surface area contributed by atoms with Crippen molar-refractivity contribution >= 4 is 15.9 Å². The number of rotatable bonds is 1. The number of pyridine rings is 1. The number of aromatic nitrogens is 1. The van der Waals surface area contributed by atoms with Crippen LogP contribution in [0.25, 0.3) is 0 Å². The lowest BCUT2D eigenvalue weighted by atomic mass is 10.1. The summed E-state index contributed by atoms with van der Waals surface area (Å²) in [6.07, 6.45) is -2.81. The van der Waals surface area contributed by atoms with Crippen LogP contribution in [0, 0.1) is 0 Å². The van der Waals surface area contributed by atoms with E-state index in [1.165, 1.54) is 0 Å². The van der Waals surface area contributed by atoms with Crippen LogP contribution in [0.15, 0.2) is 12.4 Å². The lowest BCUT2D eigenvalue weighted by Crippen LogP contribution is -2.09. The highest BCUT2D eigenvalue weighted by atomic mass is 79.9. The molecule has 13 heavy (non-hydrogen) atoms. The molecule has 0 bridgehead atoms. The Kier molecular flexibility index (Phi) is 2.80. The van der Waals surface area contributed by atoms with Crippen molar-refractivity contribution in [2.45, 2.75) is 11.5 Å². The fourth-order valence-electron chi connectivity index (χ4n) is 0.861. The van der Waals surface area contributed by atoms with Gasteiger partial charge in [0.05, 0.1) is 11.8 Å². The first kappa shape index (κ1) is 10.3. The Morgan fingerprint density at radius 2 is 2.00 bits per heavy atom. The number of alkyl halides is 4. The minimum atomic E-state index is -4.48. The predicted octanol–water partition coefficient (Wildman–Crippen LogP) is 2.70. The van der Waals surface area contributed by atoms with Crippen molar-refractivity contribution in [2.24, 2.45) is 0 Å². The van der Waals surface area contributed by atoms with Gasteiger partial charge in [-0.05, 0) is 0 Å². The van der Waals surface area contributed by atoms with Crippen LogP contribution in [-0.2, 0) is 11.5 Å². The zero-order valence-electron chi connectivity index (χ0n) is 6.27. The van der Waals surface area contributed by atoms with Crippen LogP contribution in [0.2, 0.25) is 0 Å². The van der Waals surface area contributed by atoms with Gasteiger partial charge in [-0.1, -0.05) is 15.9 Å². The highest BCUT2D eigenvalue weighted by molar-refractivity contribution is 9.08. The van der Waals surface area contributed by atoms with Crippen LogP contribution < -0.4 is 0 Å². The lowest BCUT2D eigenvalue weighted by Gasteiger charge is -2.10. The van der Waals surface area contributed by atoms with Crippen LogP contribution in [0.5, 0.6) is 5.75 Å².